The molecular weight excluding hydrogens is 280 g/mol. The van der Waals surface area contributed by atoms with Gasteiger partial charge < -0.3 is 24.0 Å². The highest BCUT2D eigenvalue weighted by Crippen LogP contribution is 2.23. The number of ether oxygens (including phenoxy) is 2. The summed E-state index contributed by atoms with van der Waals surface area (Å²) in [6, 6.07) is 1.30. The summed E-state index contributed by atoms with van der Waals surface area (Å²) in [5.74, 6) is -1.46. The number of carbonyl (C=O) groups is 2. The van der Waals surface area contributed by atoms with Crippen LogP contribution in [0.1, 0.15) is 43.1 Å². The number of hydrogen-bond acceptors (Lipinski definition) is 6. The van der Waals surface area contributed by atoms with Gasteiger partial charge in [0.2, 0.25) is 5.76 Å². The number of amides is 1. The maximum atomic E-state index is 12.0. The molecule has 2 heterocycles. The maximum Gasteiger partial charge on any atom is 0.410 e. The van der Waals surface area contributed by atoms with E-state index in [1.807, 2.05) is 0 Å². The first-order chi connectivity index (χ1) is 9.76. The number of rotatable bonds is 2. The van der Waals surface area contributed by atoms with Gasteiger partial charge in [-0.25, -0.2) is 9.59 Å². The van der Waals surface area contributed by atoms with Crippen molar-refractivity contribution < 1.29 is 28.7 Å². The molecule has 1 N–H and O–H groups in total. The van der Waals surface area contributed by atoms with Gasteiger partial charge in [-0.05, 0) is 20.8 Å². The van der Waals surface area contributed by atoms with Crippen molar-refractivity contribution in [3.05, 3.63) is 17.5 Å². The Balaban J connectivity index is 2.03. The van der Waals surface area contributed by atoms with Crippen molar-refractivity contribution in [1.82, 2.24) is 10.1 Å². The lowest BCUT2D eigenvalue weighted by molar-refractivity contribution is -0.0455. The number of aromatic carboxylic acids is 1. The van der Waals surface area contributed by atoms with Crippen molar-refractivity contribution in [1.29, 1.82) is 0 Å². The van der Waals surface area contributed by atoms with Crippen molar-refractivity contribution >= 4 is 12.1 Å². The Kier molecular flexibility index (Phi) is 4.17. The average molecular weight is 298 g/mol. The van der Waals surface area contributed by atoms with Gasteiger partial charge in [-0.3, -0.25) is 0 Å². The van der Waals surface area contributed by atoms with Crippen LogP contribution in [0, 0.1) is 0 Å². The van der Waals surface area contributed by atoms with Crippen LogP contribution in [0.3, 0.4) is 0 Å². The molecule has 1 aromatic heterocycles. The summed E-state index contributed by atoms with van der Waals surface area (Å²) >= 11 is 0. The van der Waals surface area contributed by atoms with E-state index in [1.54, 1.807) is 20.8 Å². The van der Waals surface area contributed by atoms with Gasteiger partial charge in [0.05, 0.1) is 13.2 Å². The predicted molar refractivity (Wildman–Crippen MR) is 70.0 cm³/mol. The summed E-state index contributed by atoms with van der Waals surface area (Å²) in [6.45, 7) is 6.34. The van der Waals surface area contributed by atoms with Crippen LogP contribution < -0.4 is 0 Å². The molecule has 8 nitrogen and oxygen atoms in total. The van der Waals surface area contributed by atoms with Crippen LogP contribution in [-0.2, 0) is 9.47 Å². The van der Waals surface area contributed by atoms with Gasteiger partial charge in [-0.1, -0.05) is 5.16 Å². The highest BCUT2D eigenvalue weighted by Gasteiger charge is 2.31. The molecule has 1 unspecified atom stereocenters. The van der Waals surface area contributed by atoms with E-state index in [2.05, 4.69) is 5.16 Å². The second-order valence-electron chi connectivity index (χ2n) is 5.71. The number of nitrogens with zero attached hydrogens (tertiary/aromatic N) is 2. The molecule has 8 heteroatoms. The molecule has 0 bridgehead atoms. The molecule has 0 aromatic carbocycles. The Labute approximate surface area is 121 Å². The normalized spacial score (nSPS) is 19.4. The van der Waals surface area contributed by atoms with Gasteiger partial charge in [-0.15, -0.1) is 0 Å². The molecule has 0 saturated carbocycles. The molecule has 21 heavy (non-hydrogen) atoms. The van der Waals surface area contributed by atoms with E-state index in [4.69, 9.17) is 19.1 Å². The Morgan fingerprint density at radius 3 is 2.76 bits per heavy atom. The zero-order chi connectivity index (χ0) is 15.6. The lowest BCUT2D eigenvalue weighted by Gasteiger charge is -2.33. The second kappa shape index (κ2) is 5.72. The monoisotopic (exact) mass is 298 g/mol. The van der Waals surface area contributed by atoms with Gasteiger partial charge in [-0.2, -0.15) is 0 Å². The fourth-order valence-corrected chi connectivity index (χ4v) is 1.86. The molecule has 1 fully saturated rings. The first-order valence-electron chi connectivity index (χ1n) is 6.56. The molecule has 2 rings (SSSR count). The molecule has 116 valence electrons. The van der Waals surface area contributed by atoms with E-state index in [-0.39, 0.29) is 12.3 Å². The predicted octanol–water partition coefficient (Wildman–Crippen LogP) is 1.68. The van der Waals surface area contributed by atoms with Crippen molar-refractivity contribution in [3.8, 4) is 0 Å². The summed E-state index contributed by atoms with van der Waals surface area (Å²) in [5, 5.41) is 12.5. The topological polar surface area (TPSA) is 102 Å². The molecule has 1 aromatic rings. The molecular formula is C13H18N2O6. The lowest BCUT2D eigenvalue weighted by Crippen LogP contribution is -2.44. The number of aromatic nitrogens is 1. The van der Waals surface area contributed by atoms with E-state index in [0.29, 0.717) is 18.8 Å². The Bertz CT molecular complexity index is 533. The van der Waals surface area contributed by atoms with Gasteiger partial charge in [0.25, 0.3) is 0 Å². The van der Waals surface area contributed by atoms with Crippen molar-refractivity contribution in [2.45, 2.75) is 32.5 Å². The Morgan fingerprint density at radius 2 is 2.19 bits per heavy atom. The first kappa shape index (κ1) is 15.3. The largest absolute Gasteiger partial charge is 0.475 e. The van der Waals surface area contributed by atoms with Gasteiger partial charge in [0.15, 0.2) is 0 Å². The molecule has 1 saturated heterocycles. The highest BCUT2D eigenvalue weighted by atomic mass is 16.6. The minimum atomic E-state index is -1.20. The van der Waals surface area contributed by atoms with Crippen LogP contribution in [0.4, 0.5) is 4.79 Å². The van der Waals surface area contributed by atoms with E-state index in [1.165, 1.54) is 11.0 Å². The van der Waals surface area contributed by atoms with E-state index in [0.717, 1.165) is 0 Å². The molecule has 1 aliphatic rings. The fraction of sp³-hybridized carbons (Fsp3) is 0.615. The molecule has 1 aliphatic heterocycles. The maximum absolute atomic E-state index is 12.0. The van der Waals surface area contributed by atoms with Crippen LogP contribution in [0.5, 0.6) is 0 Å². The molecule has 1 amide bonds. The number of hydrogen-bond donors (Lipinski definition) is 1. The standard InChI is InChI=1S/C13H18N2O6/c1-13(2,3)20-12(18)15-4-5-19-10(7-15)8-6-9(11(16)17)21-14-8/h6,10H,4-5,7H2,1-3H3,(H,16,17). The smallest absolute Gasteiger partial charge is 0.410 e. The minimum Gasteiger partial charge on any atom is -0.475 e. The third kappa shape index (κ3) is 3.94. The average Bonchev–Trinajstić information content (AvgIpc) is 2.86. The summed E-state index contributed by atoms with van der Waals surface area (Å²) in [5.41, 5.74) is -0.226. The lowest BCUT2D eigenvalue weighted by atomic mass is 10.2. The summed E-state index contributed by atoms with van der Waals surface area (Å²) in [7, 11) is 0. The van der Waals surface area contributed by atoms with E-state index < -0.39 is 23.8 Å². The molecule has 0 aliphatic carbocycles. The van der Waals surface area contributed by atoms with E-state index >= 15 is 0 Å². The first-order valence-corrected chi connectivity index (χ1v) is 6.56. The van der Waals surface area contributed by atoms with Gasteiger partial charge in [0.1, 0.15) is 17.4 Å². The summed E-state index contributed by atoms with van der Waals surface area (Å²) in [6.07, 6.45) is -0.958. The molecule has 0 spiro atoms. The third-order valence-electron chi connectivity index (χ3n) is 2.79. The number of carbonyl (C=O) groups excluding carboxylic acids is 1. The third-order valence-corrected chi connectivity index (χ3v) is 2.79. The van der Waals surface area contributed by atoms with Gasteiger partial charge in [0, 0.05) is 12.6 Å². The summed E-state index contributed by atoms with van der Waals surface area (Å²) < 4.78 is 15.5. The highest BCUT2D eigenvalue weighted by molar-refractivity contribution is 5.84. The van der Waals surface area contributed by atoms with Crippen LogP contribution in [0.2, 0.25) is 0 Å². The quantitative estimate of drug-likeness (QED) is 0.886. The molecule has 1 atom stereocenters. The summed E-state index contributed by atoms with van der Waals surface area (Å²) in [4.78, 5) is 24.3. The molecule has 0 radical (unpaired) electrons. The zero-order valence-electron chi connectivity index (χ0n) is 12.2. The van der Waals surface area contributed by atoms with Crippen molar-refractivity contribution in [2.75, 3.05) is 19.7 Å². The van der Waals surface area contributed by atoms with E-state index in [9.17, 15) is 9.59 Å². The van der Waals surface area contributed by atoms with Crippen LogP contribution in [0.25, 0.3) is 0 Å². The van der Waals surface area contributed by atoms with Crippen molar-refractivity contribution in [2.24, 2.45) is 0 Å². The fourth-order valence-electron chi connectivity index (χ4n) is 1.86. The van der Waals surface area contributed by atoms with Gasteiger partial charge >= 0.3 is 12.1 Å². The van der Waals surface area contributed by atoms with Crippen molar-refractivity contribution in [3.63, 3.8) is 0 Å². The Hall–Kier alpha value is -2.09. The zero-order valence-corrected chi connectivity index (χ0v) is 12.2. The Morgan fingerprint density at radius 1 is 1.48 bits per heavy atom. The van der Waals surface area contributed by atoms with Crippen LogP contribution >= 0.6 is 0 Å². The second-order valence-corrected chi connectivity index (χ2v) is 5.71. The van der Waals surface area contributed by atoms with Crippen LogP contribution in [-0.4, -0.2) is 52.5 Å². The number of carboxylic acid groups (broad SMARTS) is 1. The minimum absolute atomic E-state index is 0.237. The SMILES string of the molecule is CC(C)(C)OC(=O)N1CCOC(c2cc(C(=O)O)on2)C1. The van der Waals surface area contributed by atoms with Crippen LogP contribution in [0.15, 0.2) is 10.6 Å². The number of morpholine rings is 1. The number of carboxylic acids is 1.